The van der Waals surface area contributed by atoms with E-state index < -0.39 is 10.0 Å². The van der Waals surface area contributed by atoms with Gasteiger partial charge in [0.2, 0.25) is 10.0 Å². The van der Waals surface area contributed by atoms with E-state index in [0.29, 0.717) is 48.5 Å². The quantitative estimate of drug-likeness (QED) is 0.493. The second-order valence-corrected chi connectivity index (χ2v) is 12.2. The van der Waals surface area contributed by atoms with Crippen LogP contribution in [-0.2, 0) is 14.8 Å². The van der Waals surface area contributed by atoms with Crippen LogP contribution in [0.25, 0.3) is 0 Å². The molecule has 0 bridgehead atoms. The lowest BCUT2D eigenvalue weighted by Gasteiger charge is -2.34. The molecule has 1 aliphatic rings. The van der Waals surface area contributed by atoms with Crippen molar-refractivity contribution in [3.63, 3.8) is 0 Å². The highest BCUT2D eigenvalue weighted by Gasteiger charge is 2.32. The number of sulfonamides is 1. The Labute approximate surface area is 203 Å². The van der Waals surface area contributed by atoms with E-state index in [1.165, 1.54) is 17.8 Å². The van der Waals surface area contributed by atoms with Crippen LogP contribution < -0.4 is 5.32 Å². The summed E-state index contributed by atoms with van der Waals surface area (Å²) in [4.78, 5) is 14.7. The largest absolute Gasteiger partial charge is 0.383 e. The molecule has 0 aliphatic carbocycles. The molecule has 3 rings (SSSR count). The van der Waals surface area contributed by atoms with Crippen molar-refractivity contribution < 1.29 is 17.9 Å². The summed E-state index contributed by atoms with van der Waals surface area (Å²) in [5, 5.41) is 2.81. The highest BCUT2D eigenvalue weighted by molar-refractivity contribution is 9.10. The van der Waals surface area contributed by atoms with Gasteiger partial charge in [-0.05, 0) is 60.7 Å². The predicted octanol–water partition coefficient (Wildman–Crippen LogP) is 4.64. The molecule has 9 heteroatoms. The molecule has 1 fully saturated rings. The fourth-order valence-corrected chi connectivity index (χ4v) is 6.77. The van der Waals surface area contributed by atoms with Crippen molar-refractivity contribution in [2.24, 2.45) is 11.8 Å². The van der Waals surface area contributed by atoms with Crippen molar-refractivity contribution in [1.82, 2.24) is 9.62 Å². The Morgan fingerprint density at radius 1 is 1.16 bits per heavy atom. The van der Waals surface area contributed by atoms with Crippen molar-refractivity contribution in [1.29, 1.82) is 0 Å². The molecule has 0 saturated carbocycles. The molecule has 32 heavy (non-hydrogen) atoms. The topological polar surface area (TPSA) is 75.7 Å². The second kappa shape index (κ2) is 11.2. The molecular weight excluding hydrogens is 512 g/mol. The maximum atomic E-state index is 13.4. The van der Waals surface area contributed by atoms with Crippen molar-refractivity contribution in [2.75, 3.05) is 33.4 Å². The van der Waals surface area contributed by atoms with Crippen LogP contribution in [0.1, 0.15) is 30.6 Å². The van der Waals surface area contributed by atoms with Gasteiger partial charge in [-0.3, -0.25) is 4.79 Å². The molecule has 2 aromatic rings. The summed E-state index contributed by atoms with van der Waals surface area (Å²) in [5.74, 6) is 0.286. The smallest absolute Gasteiger partial charge is 0.252 e. The van der Waals surface area contributed by atoms with Gasteiger partial charge in [-0.15, -0.1) is 0 Å². The molecule has 1 amide bonds. The predicted molar refractivity (Wildman–Crippen MR) is 131 cm³/mol. The zero-order chi connectivity index (χ0) is 23.3. The first-order valence-electron chi connectivity index (χ1n) is 10.6. The van der Waals surface area contributed by atoms with Crippen LogP contribution in [-0.4, -0.2) is 52.0 Å². The van der Waals surface area contributed by atoms with Gasteiger partial charge >= 0.3 is 0 Å². The van der Waals surface area contributed by atoms with Gasteiger partial charge in [0, 0.05) is 41.0 Å². The number of halogens is 1. The first-order chi connectivity index (χ1) is 15.2. The monoisotopic (exact) mass is 540 g/mol. The van der Waals surface area contributed by atoms with Gasteiger partial charge in [0.1, 0.15) is 0 Å². The van der Waals surface area contributed by atoms with Crippen LogP contribution in [0.2, 0.25) is 0 Å². The summed E-state index contributed by atoms with van der Waals surface area (Å²) in [6, 6.07) is 12.6. The number of benzene rings is 2. The van der Waals surface area contributed by atoms with Crippen LogP contribution >= 0.6 is 27.7 Å². The summed E-state index contributed by atoms with van der Waals surface area (Å²) < 4.78 is 34.3. The summed E-state index contributed by atoms with van der Waals surface area (Å²) in [6.45, 7) is 5.86. The molecule has 0 radical (unpaired) electrons. The van der Waals surface area contributed by atoms with Crippen LogP contribution in [0.3, 0.4) is 0 Å². The van der Waals surface area contributed by atoms with E-state index in [0.717, 1.165) is 15.8 Å². The summed E-state index contributed by atoms with van der Waals surface area (Å²) in [6.07, 6.45) is 1.02. The third-order valence-corrected chi connectivity index (χ3v) is 8.74. The second-order valence-electron chi connectivity index (χ2n) is 8.23. The number of nitrogens with one attached hydrogen (secondary N) is 1. The molecule has 1 heterocycles. The van der Waals surface area contributed by atoms with Gasteiger partial charge in [-0.1, -0.05) is 41.5 Å². The number of ether oxygens (including phenoxy) is 1. The zero-order valence-corrected chi connectivity index (χ0v) is 21.7. The van der Waals surface area contributed by atoms with E-state index in [2.05, 4.69) is 35.1 Å². The highest BCUT2D eigenvalue weighted by Crippen LogP contribution is 2.34. The Morgan fingerprint density at radius 3 is 2.44 bits per heavy atom. The van der Waals surface area contributed by atoms with Gasteiger partial charge in [0.05, 0.1) is 17.1 Å². The van der Waals surface area contributed by atoms with Crippen LogP contribution in [0.4, 0.5) is 0 Å². The Hall–Kier alpha value is -1.39. The summed E-state index contributed by atoms with van der Waals surface area (Å²) in [5.41, 5.74) is 0.341. The van der Waals surface area contributed by atoms with E-state index in [4.69, 9.17) is 4.74 Å². The number of carbonyl (C=O) groups excluding carboxylic acids is 1. The van der Waals surface area contributed by atoms with Gasteiger partial charge in [0.25, 0.3) is 5.91 Å². The lowest BCUT2D eigenvalue weighted by molar-refractivity contribution is 0.0934. The number of nitrogens with zero attached hydrogens (tertiary/aromatic N) is 1. The minimum absolute atomic E-state index is 0.149. The van der Waals surface area contributed by atoms with Crippen LogP contribution in [0.5, 0.6) is 0 Å². The van der Waals surface area contributed by atoms with Crippen LogP contribution in [0.15, 0.2) is 61.6 Å². The molecule has 6 nitrogen and oxygen atoms in total. The normalized spacial score (nSPS) is 19.6. The van der Waals surface area contributed by atoms with E-state index in [1.54, 1.807) is 23.5 Å². The van der Waals surface area contributed by atoms with E-state index >= 15 is 0 Å². The fraction of sp³-hybridized carbons (Fsp3) is 0.435. The first kappa shape index (κ1) is 25.2. The summed E-state index contributed by atoms with van der Waals surface area (Å²) in [7, 11) is -2.13. The highest BCUT2D eigenvalue weighted by atomic mass is 79.9. The summed E-state index contributed by atoms with van der Waals surface area (Å²) >= 11 is 4.85. The van der Waals surface area contributed by atoms with E-state index in [9.17, 15) is 13.2 Å². The van der Waals surface area contributed by atoms with Crippen molar-refractivity contribution in [2.45, 2.75) is 35.0 Å². The lowest BCUT2D eigenvalue weighted by Crippen LogP contribution is -2.42. The third-order valence-electron chi connectivity index (χ3n) is 5.30. The maximum absolute atomic E-state index is 13.4. The number of methoxy groups -OCH3 is 1. The first-order valence-corrected chi connectivity index (χ1v) is 13.6. The molecule has 0 spiro atoms. The van der Waals surface area contributed by atoms with Gasteiger partial charge in [0.15, 0.2) is 0 Å². The molecule has 174 valence electrons. The molecule has 1 aliphatic heterocycles. The number of piperidine rings is 1. The minimum atomic E-state index is -3.69. The molecule has 1 N–H and O–H groups in total. The van der Waals surface area contributed by atoms with Gasteiger partial charge in [-0.2, -0.15) is 4.31 Å². The number of amides is 1. The minimum Gasteiger partial charge on any atom is -0.383 e. The molecule has 1 saturated heterocycles. The van der Waals surface area contributed by atoms with Gasteiger partial charge < -0.3 is 10.1 Å². The zero-order valence-electron chi connectivity index (χ0n) is 18.5. The molecule has 2 atom stereocenters. The SMILES string of the molecule is COCCNC(=O)c1cc(S(=O)(=O)N2CC(C)CC(C)C2)ccc1Sc1ccc(Br)cc1. The molecule has 2 unspecified atom stereocenters. The standard InChI is InChI=1S/C23H29BrN2O4S2/c1-16-12-17(2)15-26(14-16)32(28,29)20-8-9-22(31-19-6-4-18(24)5-7-19)21(13-20)23(27)25-10-11-30-3/h4-9,13,16-17H,10-12,14-15H2,1-3H3,(H,25,27). The Kier molecular flexibility index (Phi) is 8.80. The Morgan fingerprint density at radius 2 is 1.81 bits per heavy atom. The average Bonchev–Trinajstić information content (AvgIpc) is 2.75. The maximum Gasteiger partial charge on any atom is 0.252 e. The fourth-order valence-electron chi connectivity index (χ4n) is 3.88. The lowest BCUT2D eigenvalue weighted by atomic mass is 9.94. The Bertz CT molecular complexity index is 1030. The van der Waals surface area contributed by atoms with Gasteiger partial charge in [-0.25, -0.2) is 8.42 Å². The van der Waals surface area contributed by atoms with E-state index in [-0.39, 0.29) is 10.8 Å². The number of hydrogen-bond donors (Lipinski definition) is 1. The third kappa shape index (κ3) is 6.35. The van der Waals surface area contributed by atoms with E-state index in [1.807, 2.05) is 24.3 Å². The average molecular weight is 542 g/mol. The van der Waals surface area contributed by atoms with Crippen molar-refractivity contribution in [3.05, 3.63) is 52.5 Å². The van der Waals surface area contributed by atoms with Crippen molar-refractivity contribution in [3.8, 4) is 0 Å². The molecule has 2 aromatic carbocycles. The van der Waals surface area contributed by atoms with Crippen LogP contribution in [0, 0.1) is 11.8 Å². The number of rotatable bonds is 8. The number of hydrogen-bond acceptors (Lipinski definition) is 5. The molecular formula is C23H29BrN2O4S2. The molecule has 0 aromatic heterocycles. The number of carbonyl (C=O) groups is 1. The Balaban J connectivity index is 1.95. The van der Waals surface area contributed by atoms with Crippen molar-refractivity contribution >= 4 is 43.6 Å².